The van der Waals surface area contributed by atoms with Crippen molar-refractivity contribution < 1.29 is 0 Å². The number of rotatable bonds is 0. The molecule has 1 heteroatoms. The highest BCUT2D eigenvalue weighted by Crippen LogP contribution is 2.46. The van der Waals surface area contributed by atoms with E-state index in [2.05, 4.69) is 39.6 Å². The number of piperidine rings is 1. The van der Waals surface area contributed by atoms with Gasteiger partial charge in [0.05, 0.1) is 0 Å². The fraction of sp³-hybridized carbons (Fsp3) is 1.00. The van der Waals surface area contributed by atoms with Crippen molar-refractivity contribution >= 4 is 0 Å². The minimum atomic E-state index is 0.481. The van der Waals surface area contributed by atoms with E-state index in [9.17, 15) is 0 Å². The van der Waals surface area contributed by atoms with Crippen molar-refractivity contribution in [1.82, 2.24) is 4.90 Å². The molecule has 1 aliphatic heterocycles. The zero-order valence-electron chi connectivity index (χ0n) is 11.8. The summed E-state index contributed by atoms with van der Waals surface area (Å²) in [6.45, 7) is 9.72. The van der Waals surface area contributed by atoms with Gasteiger partial charge in [-0.1, -0.05) is 27.2 Å². The van der Waals surface area contributed by atoms with E-state index in [0.29, 0.717) is 5.41 Å². The molecule has 1 saturated heterocycles. The maximum absolute atomic E-state index is 2.70. The highest BCUT2D eigenvalue weighted by molar-refractivity contribution is 4.97. The van der Waals surface area contributed by atoms with Crippen LogP contribution in [0.4, 0.5) is 0 Å². The third-order valence-electron chi connectivity index (χ3n) is 5.22. The summed E-state index contributed by atoms with van der Waals surface area (Å²) in [6, 6.07) is 1.65. The first-order chi connectivity index (χ1) is 7.41. The van der Waals surface area contributed by atoms with Gasteiger partial charge in [0, 0.05) is 12.1 Å². The molecule has 2 rings (SSSR count). The summed E-state index contributed by atoms with van der Waals surface area (Å²) in [4.78, 5) is 2.70. The molecule has 4 atom stereocenters. The topological polar surface area (TPSA) is 3.24 Å². The van der Waals surface area contributed by atoms with Crippen LogP contribution in [-0.4, -0.2) is 24.0 Å². The molecule has 1 heterocycles. The Morgan fingerprint density at radius 3 is 2.31 bits per heavy atom. The molecule has 0 amide bonds. The molecule has 0 spiro atoms. The first kappa shape index (κ1) is 12.4. The third-order valence-corrected chi connectivity index (χ3v) is 5.22. The molecule has 1 saturated carbocycles. The summed E-state index contributed by atoms with van der Waals surface area (Å²) in [7, 11) is 2.37. The van der Waals surface area contributed by atoms with Crippen LogP contribution in [0.3, 0.4) is 0 Å². The van der Waals surface area contributed by atoms with Crippen LogP contribution in [0.2, 0.25) is 0 Å². The Bertz CT molecular complexity index is 238. The van der Waals surface area contributed by atoms with Gasteiger partial charge in [-0.05, 0) is 56.9 Å². The van der Waals surface area contributed by atoms with Gasteiger partial charge in [-0.2, -0.15) is 0 Å². The van der Waals surface area contributed by atoms with Crippen LogP contribution in [0.5, 0.6) is 0 Å². The summed E-state index contributed by atoms with van der Waals surface area (Å²) in [5.74, 6) is 1.89. The van der Waals surface area contributed by atoms with Gasteiger partial charge in [0.15, 0.2) is 0 Å². The molecule has 94 valence electrons. The number of nitrogens with zero attached hydrogens (tertiary/aromatic N) is 1. The van der Waals surface area contributed by atoms with E-state index in [4.69, 9.17) is 0 Å². The lowest BCUT2D eigenvalue weighted by atomic mass is 9.63. The highest BCUT2D eigenvalue weighted by Gasteiger charge is 2.44. The second-order valence-electron chi connectivity index (χ2n) is 7.25. The minimum Gasteiger partial charge on any atom is -0.300 e. The smallest absolute Gasteiger partial charge is 0.0156 e. The summed E-state index contributed by atoms with van der Waals surface area (Å²) < 4.78 is 0. The first-order valence-electron chi connectivity index (χ1n) is 7.13. The predicted octanol–water partition coefficient (Wildman–Crippen LogP) is 3.93. The summed E-state index contributed by atoms with van der Waals surface area (Å²) in [6.07, 6.45) is 7.28. The van der Waals surface area contributed by atoms with Gasteiger partial charge in [-0.3, -0.25) is 0 Å². The molecule has 16 heavy (non-hydrogen) atoms. The van der Waals surface area contributed by atoms with E-state index < -0.39 is 0 Å². The Morgan fingerprint density at radius 2 is 1.69 bits per heavy atom. The van der Waals surface area contributed by atoms with E-state index in [1.54, 1.807) is 0 Å². The third kappa shape index (κ3) is 2.16. The number of hydrogen-bond acceptors (Lipinski definition) is 1. The Balaban J connectivity index is 2.20. The van der Waals surface area contributed by atoms with Crippen LogP contribution in [0.1, 0.15) is 59.8 Å². The molecular formula is C15H29N. The van der Waals surface area contributed by atoms with Gasteiger partial charge >= 0.3 is 0 Å². The standard InChI is InChI=1S/C15H29N/c1-11-9-10-12-7-6-8-13(15(2,3)4)14(12)16(11)5/h11-14H,6-10H2,1-5H3/t11-,12-,13+,14-/m1/s1. The minimum absolute atomic E-state index is 0.481. The molecule has 0 bridgehead atoms. The summed E-state index contributed by atoms with van der Waals surface area (Å²) in [5, 5.41) is 0. The van der Waals surface area contributed by atoms with E-state index in [1.807, 2.05) is 0 Å². The molecule has 1 aliphatic carbocycles. The van der Waals surface area contributed by atoms with Gasteiger partial charge in [0.2, 0.25) is 0 Å². The van der Waals surface area contributed by atoms with Gasteiger partial charge in [-0.25, -0.2) is 0 Å². The average molecular weight is 223 g/mol. The largest absolute Gasteiger partial charge is 0.300 e. The van der Waals surface area contributed by atoms with E-state index in [0.717, 1.165) is 23.9 Å². The molecule has 0 unspecified atom stereocenters. The Labute approximate surface area is 102 Å². The molecule has 0 aromatic carbocycles. The number of fused-ring (bicyclic) bond motifs is 1. The quantitative estimate of drug-likeness (QED) is 0.601. The van der Waals surface area contributed by atoms with Crippen molar-refractivity contribution in [2.45, 2.75) is 71.9 Å². The summed E-state index contributed by atoms with van der Waals surface area (Å²) >= 11 is 0. The van der Waals surface area contributed by atoms with Crippen LogP contribution in [0.15, 0.2) is 0 Å². The zero-order chi connectivity index (χ0) is 11.9. The normalized spacial score (nSPS) is 41.8. The lowest BCUT2D eigenvalue weighted by Crippen LogP contribution is -2.55. The van der Waals surface area contributed by atoms with Crippen molar-refractivity contribution in [1.29, 1.82) is 0 Å². The van der Waals surface area contributed by atoms with Crippen molar-refractivity contribution in [2.75, 3.05) is 7.05 Å². The van der Waals surface area contributed by atoms with E-state index in [-0.39, 0.29) is 0 Å². The number of likely N-dealkylation sites (tertiary alicyclic amines) is 1. The molecule has 0 aromatic rings. The summed E-state index contributed by atoms with van der Waals surface area (Å²) in [5.41, 5.74) is 0.481. The monoisotopic (exact) mass is 223 g/mol. The van der Waals surface area contributed by atoms with Crippen LogP contribution < -0.4 is 0 Å². The van der Waals surface area contributed by atoms with E-state index >= 15 is 0 Å². The van der Waals surface area contributed by atoms with Crippen molar-refractivity contribution in [3.05, 3.63) is 0 Å². The van der Waals surface area contributed by atoms with Crippen molar-refractivity contribution in [3.63, 3.8) is 0 Å². The fourth-order valence-electron chi connectivity index (χ4n) is 4.10. The average Bonchev–Trinajstić information content (AvgIpc) is 2.21. The zero-order valence-corrected chi connectivity index (χ0v) is 11.8. The lowest BCUT2D eigenvalue weighted by Gasteiger charge is -2.53. The van der Waals surface area contributed by atoms with Gasteiger partial charge < -0.3 is 4.90 Å². The maximum atomic E-state index is 2.70. The molecular weight excluding hydrogens is 194 g/mol. The van der Waals surface area contributed by atoms with Gasteiger partial charge in [-0.15, -0.1) is 0 Å². The molecule has 0 aromatic heterocycles. The Hall–Kier alpha value is -0.0400. The van der Waals surface area contributed by atoms with Crippen LogP contribution in [-0.2, 0) is 0 Å². The second kappa shape index (κ2) is 4.33. The Kier molecular flexibility index (Phi) is 3.36. The highest BCUT2D eigenvalue weighted by atomic mass is 15.2. The second-order valence-corrected chi connectivity index (χ2v) is 7.25. The van der Waals surface area contributed by atoms with Crippen LogP contribution in [0.25, 0.3) is 0 Å². The van der Waals surface area contributed by atoms with Crippen molar-refractivity contribution in [2.24, 2.45) is 17.3 Å². The van der Waals surface area contributed by atoms with Crippen LogP contribution >= 0.6 is 0 Å². The first-order valence-corrected chi connectivity index (χ1v) is 7.13. The Morgan fingerprint density at radius 1 is 1.00 bits per heavy atom. The maximum Gasteiger partial charge on any atom is 0.0156 e. The lowest BCUT2D eigenvalue weighted by molar-refractivity contribution is -0.0326. The van der Waals surface area contributed by atoms with Gasteiger partial charge in [0.1, 0.15) is 0 Å². The predicted molar refractivity (Wildman–Crippen MR) is 70.5 cm³/mol. The van der Waals surface area contributed by atoms with Gasteiger partial charge in [0.25, 0.3) is 0 Å². The molecule has 0 N–H and O–H groups in total. The SMILES string of the molecule is C[C@@H]1CC[C@H]2CCC[C@H](C(C)(C)C)[C@@H]2N1C. The molecule has 2 aliphatic rings. The molecule has 0 radical (unpaired) electrons. The van der Waals surface area contributed by atoms with Crippen molar-refractivity contribution in [3.8, 4) is 0 Å². The number of hydrogen-bond donors (Lipinski definition) is 0. The fourth-order valence-corrected chi connectivity index (χ4v) is 4.10. The van der Waals surface area contributed by atoms with Crippen LogP contribution in [0, 0.1) is 17.3 Å². The van der Waals surface area contributed by atoms with E-state index in [1.165, 1.54) is 32.1 Å². The molecule has 2 fully saturated rings. The molecule has 1 nitrogen and oxygen atoms in total.